The quantitative estimate of drug-likeness (QED) is 0.0716. The molecule has 0 unspecified atom stereocenters. The van der Waals surface area contributed by atoms with Gasteiger partial charge in [0.1, 0.15) is 0 Å². The minimum atomic E-state index is 0. The van der Waals surface area contributed by atoms with Crippen molar-refractivity contribution in [1.29, 1.82) is 5.26 Å². The van der Waals surface area contributed by atoms with Crippen LogP contribution in [-0.2, 0) is 39.4 Å². The Labute approximate surface area is 439 Å². The van der Waals surface area contributed by atoms with E-state index in [9.17, 15) is 5.26 Å². The Hall–Kier alpha value is -8.06. The fourth-order valence-corrected chi connectivity index (χ4v) is 8.88. The van der Waals surface area contributed by atoms with Crippen molar-refractivity contribution < 1.29 is 20.1 Å². The number of rotatable bonds is 16. The third kappa shape index (κ3) is 14.3. The predicted octanol–water partition coefficient (Wildman–Crippen LogP) is 17.2. The van der Waals surface area contributed by atoms with Gasteiger partial charge in [0, 0.05) is 32.5 Å². The van der Waals surface area contributed by atoms with Gasteiger partial charge in [-0.3, -0.25) is 0 Å². The van der Waals surface area contributed by atoms with Gasteiger partial charge in [-0.2, -0.15) is 5.26 Å². The standard InChI is InChI=1S/C38H36N.C30H19N2.Ir/c1(4-14-31-15-6-3-7-16-31)2-5-17-32-20-11-23-35(28-32)36-24-12-21-33(29-36)18-10-19-34-22-13-25-37(30-34)38-26-8-9-27-39-38;31-21-22-16-28(25-11-6-10-24(18-25)23-8-2-1-3-9-23)20-29(17-22)26-12-7-13-27(19-26)30-14-4-5-15-32-30;/h3,6-13,15-16,18,20-24,26-30H,1-2,4-5,14,17,19H2;1-12,14-20H;/q2*-1;/b18-10+;;. The van der Waals surface area contributed by atoms with E-state index in [-0.39, 0.29) is 20.1 Å². The van der Waals surface area contributed by atoms with E-state index in [1.807, 2.05) is 91.1 Å². The Morgan fingerprint density at radius 1 is 0.403 bits per heavy atom. The molecule has 2 heterocycles. The van der Waals surface area contributed by atoms with E-state index in [0.717, 1.165) is 63.2 Å². The maximum absolute atomic E-state index is 9.68. The van der Waals surface area contributed by atoms with Crippen molar-refractivity contribution in [3.63, 3.8) is 0 Å². The van der Waals surface area contributed by atoms with Gasteiger partial charge in [-0.1, -0.05) is 171 Å². The molecule has 3 nitrogen and oxygen atoms in total. The number of aryl methyl sites for hydroxylation is 2. The second-order valence-corrected chi connectivity index (χ2v) is 17.7. The second kappa shape index (κ2) is 26.2. The van der Waals surface area contributed by atoms with Crippen LogP contribution in [0.4, 0.5) is 0 Å². The fraction of sp³-hybridized carbons (Fsp3) is 0.103. The number of hydrogen-bond acceptors (Lipinski definition) is 3. The summed E-state index contributed by atoms with van der Waals surface area (Å²) in [6, 6.07) is 86.5. The van der Waals surface area contributed by atoms with Gasteiger partial charge in [0.25, 0.3) is 0 Å². The van der Waals surface area contributed by atoms with Crippen LogP contribution in [0.1, 0.15) is 53.5 Å². The average molecular weight is 1110 g/mol. The van der Waals surface area contributed by atoms with Crippen LogP contribution in [0.2, 0.25) is 0 Å². The molecule has 1 radical (unpaired) electrons. The van der Waals surface area contributed by atoms with Crippen LogP contribution in [-0.4, -0.2) is 9.97 Å². The van der Waals surface area contributed by atoms with Gasteiger partial charge in [-0.05, 0) is 142 Å². The third-order valence-electron chi connectivity index (χ3n) is 12.6. The number of allylic oxidation sites excluding steroid dienone is 1. The van der Waals surface area contributed by atoms with Gasteiger partial charge in [-0.15, -0.1) is 70.8 Å². The summed E-state index contributed by atoms with van der Waals surface area (Å²) in [5.41, 5.74) is 18.8. The largest absolute Gasteiger partial charge is 0.305 e. The summed E-state index contributed by atoms with van der Waals surface area (Å²) in [6.07, 6.45) is 16.4. The van der Waals surface area contributed by atoms with Gasteiger partial charge in [-0.25, -0.2) is 0 Å². The first-order chi connectivity index (χ1) is 35.1. The maximum atomic E-state index is 9.68. The Morgan fingerprint density at radius 2 is 0.917 bits per heavy atom. The maximum Gasteiger partial charge on any atom is 0.0992 e. The molecular weight excluding hydrogens is 1050 g/mol. The van der Waals surface area contributed by atoms with Gasteiger partial charge in [0.05, 0.1) is 11.6 Å². The average Bonchev–Trinajstić information content (AvgIpc) is 3.45. The van der Waals surface area contributed by atoms with E-state index in [1.165, 1.54) is 71.0 Å². The number of benzene rings is 8. The summed E-state index contributed by atoms with van der Waals surface area (Å²) in [4.78, 5) is 8.89. The molecule has 2 aromatic heterocycles. The number of aromatic nitrogens is 2. The normalized spacial score (nSPS) is 10.7. The number of nitriles is 1. The molecule has 8 aromatic carbocycles. The molecule has 4 heteroatoms. The molecule has 0 atom stereocenters. The Morgan fingerprint density at radius 3 is 1.58 bits per heavy atom. The van der Waals surface area contributed by atoms with Gasteiger partial charge < -0.3 is 9.97 Å². The zero-order chi connectivity index (χ0) is 48.3. The third-order valence-corrected chi connectivity index (χ3v) is 12.6. The number of hydrogen-bond donors (Lipinski definition) is 0. The van der Waals surface area contributed by atoms with Crippen molar-refractivity contribution in [1.82, 2.24) is 9.97 Å². The molecule has 0 saturated carbocycles. The van der Waals surface area contributed by atoms with Gasteiger partial charge in [0.2, 0.25) is 0 Å². The van der Waals surface area contributed by atoms with Crippen LogP contribution in [0.25, 0.3) is 73.1 Å². The van der Waals surface area contributed by atoms with E-state index in [2.05, 4.69) is 180 Å². The Bertz CT molecular complexity index is 3240. The molecule has 0 saturated heterocycles. The van der Waals surface area contributed by atoms with E-state index in [0.29, 0.717) is 5.56 Å². The first-order valence-corrected chi connectivity index (χ1v) is 24.6. The summed E-state index contributed by atoms with van der Waals surface area (Å²) in [7, 11) is 0. The summed E-state index contributed by atoms with van der Waals surface area (Å²) < 4.78 is 0. The van der Waals surface area contributed by atoms with E-state index in [4.69, 9.17) is 0 Å². The molecule has 10 rings (SSSR count). The van der Waals surface area contributed by atoms with Crippen LogP contribution in [0.3, 0.4) is 0 Å². The summed E-state index contributed by atoms with van der Waals surface area (Å²) >= 11 is 0. The number of nitrogens with zero attached hydrogens (tertiary/aromatic N) is 3. The summed E-state index contributed by atoms with van der Waals surface area (Å²) in [5, 5.41) is 9.68. The molecule has 0 aliphatic rings. The predicted molar refractivity (Wildman–Crippen MR) is 295 cm³/mol. The van der Waals surface area contributed by atoms with E-state index in [1.54, 1.807) is 6.20 Å². The van der Waals surface area contributed by atoms with Gasteiger partial charge >= 0.3 is 0 Å². The van der Waals surface area contributed by atoms with Crippen molar-refractivity contribution >= 4 is 6.08 Å². The minimum absolute atomic E-state index is 0. The van der Waals surface area contributed by atoms with Crippen molar-refractivity contribution in [2.24, 2.45) is 0 Å². The smallest absolute Gasteiger partial charge is 0.0992 e. The molecular formula is C68H55IrN3-2. The molecule has 0 bridgehead atoms. The zero-order valence-corrected chi connectivity index (χ0v) is 42.7. The van der Waals surface area contributed by atoms with E-state index < -0.39 is 0 Å². The fourth-order valence-electron chi connectivity index (χ4n) is 8.88. The molecule has 0 spiro atoms. The van der Waals surface area contributed by atoms with Crippen LogP contribution in [0, 0.1) is 23.5 Å². The molecule has 72 heavy (non-hydrogen) atoms. The van der Waals surface area contributed by atoms with E-state index >= 15 is 0 Å². The molecule has 0 N–H and O–H groups in total. The van der Waals surface area contributed by atoms with Crippen LogP contribution < -0.4 is 0 Å². The van der Waals surface area contributed by atoms with Crippen molar-refractivity contribution in [2.75, 3.05) is 0 Å². The zero-order valence-electron chi connectivity index (χ0n) is 40.3. The molecule has 0 fully saturated rings. The van der Waals surface area contributed by atoms with Crippen LogP contribution in [0.15, 0.2) is 243 Å². The van der Waals surface area contributed by atoms with Crippen LogP contribution in [0.5, 0.6) is 0 Å². The number of pyridine rings is 2. The Balaban J connectivity index is 0.000000193. The van der Waals surface area contributed by atoms with Crippen molar-refractivity contribution in [2.45, 2.75) is 44.9 Å². The Kier molecular flexibility index (Phi) is 18.3. The SMILES string of the molecule is N#Cc1cc(-c2cc[c-]c(-c3ccccn3)c2)cc(-c2cccc(-c3ccccc3)c2)c1.[Ir].[c-]1ccc(C/C=C/c2cccc(-c3cccc(CCCCCCc4ccccc4)c3)c2)cc1-c1ccccn1. The summed E-state index contributed by atoms with van der Waals surface area (Å²) in [6.45, 7) is 0. The molecule has 10 aromatic rings. The molecule has 0 amide bonds. The first kappa shape index (κ1) is 50.3. The molecule has 0 aliphatic carbocycles. The second-order valence-electron chi connectivity index (χ2n) is 17.7. The topological polar surface area (TPSA) is 49.6 Å². The first-order valence-electron chi connectivity index (χ1n) is 24.6. The van der Waals surface area contributed by atoms with Gasteiger partial charge in [0.15, 0.2) is 0 Å². The monoisotopic (exact) mass is 1110 g/mol. The van der Waals surface area contributed by atoms with Crippen molar-refractivity contribution in [3.8, 4) is 73.1 Å². The number of unbranched alkanes of at least 4 members (excludes halogenated alkanes) is 3. The van der Waals surface area contributed by atoms with Crippen LogP contribution >= 0.6 is 0 Å². The molecule has 353 valence electrons. The summed E-state index contributed by atoms with van der Waals surface area (Å²) in [5.74, 6) is 0. The minimum Gasteiger partial charge on any atom is -0.305 e. The van der Waals surface area contributed by atoms with Crippen molar-refractivity contribution in [3.05, 3.63) is 283 Å². The molecule has 0 aliphatic heterocycles.